The summed E-state index contributed by atoms with van der Waals surface area (Å²) >= 11 is 0. The van der Waals surface area contributed by atoms with Crippen LogP contribution in [0.4, 0.5) is 4.39 Å². The molecule has 1 N–H and O–H groups in total. The van der Waals surface area contributed by atoms with Crippen molar-refractivity contribution in [1.82, 2.24) is 5.32 Å². The molecule has 0 radical (unpaired) electrons. The summed E-state index contributed by atoms with van der Waals surface area (Å²) in [5, 5.41) is 2.65. The van der Waals surface area contributed by atoms with Gasteiger partial charge >= 0.3 is 5.97 Å². The molecule has 0 aliphatic carbocycles. The molecule has 0 aliphatic rings. The van der Waals surface area contributed by atoms with Crippen molar-refractivity contribution >= 4 is 11.9 Å². The molecule has 0 saturated carbocycles. The highest BCUT2D eigenvalue weighted by Gasteiger charge is 2.23. The van der Waals surface area contributed by atoms with Crippen molar-refractivity contribution < 1.29 is 23.5 Å². The third kappa shape index (κ3) is 4.55. The topological polar surface area (TPSA) is 64.6 Å². The number of alkyl halides is 1. The average molecular weight is 331 g/mol. The van der Waals surface area contributed by atoms with E-state index in [0.717, 1.165) is 0 Å². The van der Waals surface area contributed by atoms with Crippen LogP contribution in [-0.4, -0.2) is 32.3 Å². The minimum absolute atomic E-state index is 0.0377. The second kappa shape index (κ2) is 8.67. The van der Waals surface area contributed by atoms with E-state index in [1.165, 1.54) is 7.11 Å². The molecule has 0 spiro atoms. The minimum atomic E-state index is -0.897. The lowest BCUT2D eigenvalue weighted by atomic mass is 10.1. The summed E-state index contributed by atoms with van der Waals surface area (Å²) < 4.78 is 21.9. The van der Waals surface area contributed by atoms with E-state index in [4.69, 9.17) is 9.47 Å². The molecule has 0 bridgehead atoms. The number of benzene rings is 2. The largest absolute Gasteiger partial charge is 0.491 e. The van der Waals surface area contributed by atoms with Crippen molar-refractivity contribution in [2.45, 2.75) is 6.04 Å². The van der Waals surface area contributed by atoms with E-state index in [1.807, 2.05) is 6.07 Å². The maximum Gasteiger partial charge on any atom is 0.333 e. The van der Waals surface area contributed by atoms with Gasteiger partial charge in [0.2, 0.25) is 0 Å². The highest BCUT2D eigenvalue weighted by Crippen LogP contribution is 2.17. The Morgan fingerprint density at radius 3 is 2.33 bits per heavy atom. The van der Waals surface area contributed by atoms with Gasteiger partial charge in [-0.05, 0) is 29.8 Å². The number of nitrogens with one attached hydrogen (secondary N) is 1. The zero-order chi connectivity index (χ0) is 17.4. The normalized spacial score (nSPS) is 11.4. The predicted molar refractivity (Wildman–Crippen MR) is 86.6 cm³/mol. The SMILES string of the molecule is COC(=O)C(NC(=O)c1ccc(OCCF)cc1)c1ccccc1. The van der Waals surface area contributed by atoms with Gasteiger partial charge in [0.05, 0.1) is 7.11 Å². The van der Waals surface area contributed by atoms with Crippen LogP contribution in [0.15, 0.2) is 54.6 Å². The van der Waals surface area contributed by atoms with Crippen LogP contribution in [0.25, 0.3) is 0 Å². The van der Waals surface area contributed by atoms with Gasteiger partial charge in [-0.1, -0.05) is 30.3 Å². The fourth-order valence-electron chi connectivity index (χ4n) is 2.12. The van der Waals surface area contributed by atoms with Gasteiger partial charge in [-0.2, -0.15) is 0 Å². The molecule has 2 rings (SSSR count). The predicted octanol–water partition coefficient (Wildman–Crippen LogP) is 2.68. The third-order valence-electron chi connectivity index (χ3n) is 3.31. The second-order valence-corrected chi connectivity index (χ2v) is 4.90. The number of ether oxygens (including phenoxy) is 2. The number of carbonyl (C=O) groups excluding carboxylic acids is 2. The Hall–Kier alpha value is -2.89. The summed E-state index contributed by atoms with van der Waals surface area (Å²) in [5.74, 6) is -0.513. The molecular formula is C18H18FNO4. The van der Waals surface area contributed by atoms with Gasteiger partial charge in [0.15, 0.2) is 6.04 Å². The summed E-state index contributed by atoms with van der Waals surface area (Å²) in [4.78, 5) is 24.3. The first-order valence-corrected chi connectivity index (χ1v) is 7.38. The van der Waals surface area contributed by atoms with E-state index in [9.17, 15) is 14.0 Å². The van der Waals surface area contributed by atoms with Crippen LogP contribution < -0.4 is 10.1 Å². The first kappa shape index (κ1) is 17.5. The van der Waals surface area contributed by atoms with E-state index in [2.05, 4.69) is 5.32 Å². The van der Waals surface area contributed by atoms with Crippen molar-refractivity contribution in [3.63, 3.8) is 0 Å². The molecule has 5 nitrogen and oxygen atoms in total. The van der Waals surface area contributed by atoms with Gasteiger partial charge in [-0.3, -0.25) is 4.79 Å². The fourth-order valence-corrected chi connectivity index (χ4v) is 2.12. The third-order valence-corrected chi connectivity index (χ3v) is 3.31. The van der Waals surface area contributed by atoms with Crippen LogP contribution in [0.5, 0.6) is 5.75 Å². The Balaban J connectivity index is 2.11. The zero-order valence-electron chi connectivity index (χ0n) is 13.2. The lowest BCUT2D eigenvalue weighted by molar-refractivity contribution is -0.143. The lowest BCUT2D eigenvalue weighted by Crippen LogP contribution is -2.34. The van der Waals surface area contributed by atoms with E-state index >= 15 is 0 Å². The van der Waals surface area contributed by atoms with Crippen LogP contribution in [0.2, 0.25) is 0 Å². The maximum absolute atomic E-state index is 12.4. The molecule has 0 fully saturated rings. The number of methoxy groups -OCH3 is 1. The van der Waals surface area contributed by atoms with Crippen molar-refractivity contribution in [3.8, 4) is 5.75 Å². The molecular weight excluding hydrogens is 313 g/mol. The molecule has 1 atom stereocenters. The van der Waals surface area contributed by atoms with Crippen LogP contribution in [-0.2, 0) is 9.53 Å². The van der Waals surface area contributed by atoms with Gasteiger partial charge < -0.3 is 14.8 Å². The number of esters is 1. The Morgan fingerprint density at radius 2 is 1.75 bits per heavy atom. The lowest BCUT2D eigenvalue weighted by Gasteiger charge is -2.17. The second-order valence-electron chi connectivity index (χ2n) is 4.90. The Bertz CT molecular complexity index is 673. The van der Waals surface area contributed by atoms with E-state index in [0.29, 0.717) is 16.9 Å². The molecule has 1 amide bonds. The number of hydrogen-bond donors (Lipinski definition) is 1. The van der Waals surface area contributed by atoms with Crippen LogP contribution in [0, 0.1) is 0 Å². The molecule has 6 heteroatoms. The van der Waals surface area contributed by atoms with Crippen molar-refractivity contribution in [1.29, 1.82) is 0 Å². The number of carbonyl (C=O) groups is 2. The van der Waals surface area contributed by atoms with Gasteiger partial charge in [0.1, 0.15) is 19.0 Å². The summed E-state index contributed by atoms with van der Waals surface area (Å²) in [6.07, 6.45) is 0. The average Bonchev–Trinajstić information content (AvgIpc) is 2.64. The molecule has 0 saturated heterocycles. The molecule has 0 heterocycles. The number of rotatable bonds is 7. The van der Waals surface area contributed by atoms with E-state index < -0.39 is 24.6 Å². The van der Waals surface area contributed by atoms with Gasteiger partial charge in [0.25, 0.3) is 5.91 Å². The summed E-state index contributed by atoms with van der Waals surface area (Å²) in [7, 11) is 1.27. The molecule has 1 unspecified atom stereocenters. The fraction of sp³-hybridized carbons (Fsp3) is 0.222. The van der Waals surface area contributed by atoms with Crippen molar-refractivity contribution in [3.05, 3.63) is 65.7 Å². The summed E-state index contributed by atoms with van der Waals surface area (Å²) in [6.45, 7) is -0.621. The molecule has 2 aromatic carbocycles. The standard InChI is InChI=1S/C18H18FNO4/c1-23-18(22)16(13-5-3-2-4-6-13)20-17(21)14-7-9-15(10-8-14)24-12-11-19/h2-10,16H,11-12H2,1H3,(H,20,21). The molecule has 0 aliphatic heterocycles. The van der Waals surface area contributed by atoms with Gasteiger partial charge in [-0.15, -0.1) is 0 Å². The number of hydrogen-bond acceptors (Lipinski definition) is 4. The van der Waals surface area contributed by atoms with Crippen LogP contribution >= 0.6 is 0 Å². The Morgan fingerprint density at radius 1 is 1.08 bits per heavy atom. The van der Waals surface area contributed by atoms with Gasteiger partial charge in [0, 0.05) is 5.56 Å². The minimum Gasteiger partial charge on any atom is -0.491 e. The molecule has 0 aromatic heterocycles. The zero-order valence-corrected chi connectivity index (χ0v) is 13.2. The number of amides is 1. The highest BCUT2D eigenvalue weighted by molar-refractivity contribution is 5.97. The monoisotopic (exact) mass is 331 g/mol. The summed E-state index contributed by atoms with van der Waals surface area (Å²) in [6, 6.07) is 14.2. The van der Waals surface area contributed by atoms with Gasteiger partial charge in [-0.25, -0.2) is 9.18 Å². The Labute approximate surface area is 139 Å². The first-order chi connectivity index (χ1) is 11.7. The molecule has 2 aromatic rings. The van der Waals surface area contributed by atoms with Crippen molar-refractivity contribution in [2.24, 2.45) is 0 Å². The maximum atomic E-state index is 12.4. The van der Waals surface area contributed by atoms with E-state index in [1.54, 1.807) is 48.5 Å². The Kier molecular flexibility index (Phi) is 6.31. The van der Waals surface area contributed by atoms with Crippen LogP contribution in [0.1, 0.15) is 22.0 Å². The molecule has 24 heavy (non-hydrogen) atoms. The number of halogens is 1. The van der Waals surface area contributed by atoms with E-state index in [-0.39, 0.29) is 6.61 Å². The smallest absolute Gasteiger partial charge is 0.333 e. The molecule has 126 valence electrons. The quantitative estimate of drug-likeness (QED) is 0.792. The van der Waals surface area contributed by atoms with Crippen molar-refractivity contribution in [2.75, 3.05) is 20.4 Å². The first-order valence-electron chi connectivity index (χ1n) is 7.38. The van der Waals surface area contributed by atoms with Crippen LogP contribution in [0.3, 0.4) is 0 Å². The highest BCUT2D eigenvalue weighted by atomic mass is 19.1. The summed E-state index contributed by atoms with van der Waals surface area (Å²) in [5.41, 5.74) is 0.980.